The second-order valence-corrected chi connectivity index (χ2v) is 4.09. The van der Waals surface area contributed by atoms with E-state index in [0.717, 1.165) is 6.42 Å². The maximum atomic E-state index is 5.99. The number of hydrogen-bond donors (Lipinski definition) is 0. The van der Waals surface area contributed by atoms with Gasteiger partial charge in [0.2, 0.25) is 0 Å². The molecule has 0 spiro atoms. The number of hydrogen-bond acceptors (Lipinski definition) is 1. The van der Waals surface area contributed by atoms with Crippen LogP contribution in [0.2, 0.25) is 0 Å². The van der Waals surface area contributed by atoms with Gasteiger partial charge in [-0.15, -0.1) is 5.92 Å². The van der Waals surface area contributed by atoms with E-state index in [9.17, 15) is 0 Å². The van der Waals surface area contributed by atoms with Crippen LogP contribution in [0.1, 0.15) is 41.0 Å². The maximum absolute atomic E-state index is 5.99. The summed E-state index contributed by atoms with van der Waals surface area (Å²) < 4.78 is 5.99. The zero-order chi connectivity index (χ0) is 10.1. The molecule has 1 aliphatic rings. The summed E-state index contributed by atoms with van der Waals surface area (Å²) in [5.41, 5.74) is -0.173. The van der Waals surface area contributed by atoms with E-state index in [-0.39, 0.29) is 5.60 Å². The van der Waals surface area contributed by atoms with Gasteiger partial charge >= 0.3 is 0 Å². The van der Waals surface area contributed by atoms with Crippen LogP contribution >= 0.6 is 0 Å². The molecule has 1 heteroatoms. The molecular weight excluding hydrogens is 160 g/mol. The molecule has 1 heterocycles. The predicted molar refractivity (Wildman–Crippen MR) is 55.3 cm³/mol. The SMILES string of the molecule is CC#CC1(CC)OC(C)C(C)C1C. The van der Waals surface area contributed by atoms with Crippen LogP contribution in [0.3, 0.4) is 0 Å². The Balaban J connectivity index is 2.94. The highest BCUT2D eigenvalue weighted by molar-refractivity contribution is 5.18. The molecular formula is C12H20O. The lowest BCUT2D eigenvalue weighted by molar-refractivity contribution is -0.0103. The molecule has 0 amide bonds. The first-order valence-electron chi connectivity index (χ1n) is 5.19. The van der Waals surface area contributed by atoms with Crippen molar-refractivity contribution in [2.24, 2.45) is 11.8 Å². The molecule has 0 aromatic carbocycles. The molecule has 0 saturated carbocycles. The van der Waals surface area contributed by atoms with E-state index >= 15 is 0 Å². The summed E-state index contributed by atoms with van der Waals surface area (Å²) in [6.45, 7) is 10.7. The van der Waals surface area contributed by atoms with Gasteiger partial charge < -0.3 is 4.74 Å². The van der Waals surface area contributed by atoms with Crippen LogP contribution < -0.4 is 0 Å². The minimum atomic E-state index is -0.173. The van der Waals surface area contributed by atoms with E-state index in [2.05, 4.69) is 39.5 Å². The lowest BCUT2D eigenvalue weighted by Gasteiger charge is -2.26. The van der Waals surface area contributed by atoms with Crippen molar-refractivity contribution in [1.82, 2.24) is 0 Å². The first-order chi connectivity index (χ1) is 6.07. The van der Waals surface area contributed by atoms with E-state index in [1.165, 1.54) is 0 Å². The molecule has 4 unspecified atom stereocenters. The normalized spacial score (nSPS) is 44.2. The van der Waals surface area contributed by atoms with Gasteiger partial charge in [-0.3, -0.25) is 0 Å². The fourth-order valence-corrected chi connectivity index (χ4v) is 2.23. The standard InChI is InChI=1S/C12H20O/c1-6-8-12(7-2)10(4)9(3)11(5)13-12/h9-11H,7H2,1-5H3. The van der Waals surface area contributed by atoms with Crippen LogP contribution in [0.5, 0.6) is 0 Å². The van der Waals surface area contributed by atoms with E-state index in [0.29, 0.717) is 17.9 Å². The zero-order valence-corrected chi connectivity index (χ0v) is 9.35. The minimum Gasteiger partial charge on any atom is -0.359 e. The minimum absolute atomic E-state index is 0.173. The Hall–Kier alpha value is -0.480. The molecule has 0 aromatic heterocycles. The highest BCUT2D eigenvalue weighted by Crippen LogP contribution is 2.41. The van der Waals surface area contributed by atoms with Crippen molar-refractivity contribution in [1.29, 1.82) is 0 Å². The summed E-state index contributed by atoms with van der Waals surface area (Å²) in [5.74, 6) is 7.40. The fraction of sp³-hybridized carbons (Fsp3) is 0.833. The van der Waals surface area contributed by atoms with Crippen molar-refractivity contribution in [3.05, 3.63) is 0 Å². The molecule has 1 rings (SSSR count). The Morgan fingerprint density at radius 1 is 1.31 bits per heavy atom. The largest absolute Gasteiger partial charge is 0.359 e. The smallest absolute Gasteiger partial charge is 0.131 e. The molecule has 0 N–H and O–H groups in total. The van der Waals surface area contributed by atoms with Crippen LogP contribution in [-0.4, -0.2) is 11.7 Å². The van der Waals surface area contributed by atoms with Gasteiger partial charge in [-0.25, -0.2) is 0 Å². The average molecular weight is 180 g/mol. The summed E-state index contributed by atoms with van der Waals surface area (Å²) in [7, 11) is 0. The molecule has 0 aromatic rings. The molecule has 1 aliphatic heterocycles. The second-order valence-electron chi connectivity index (χ2n) is 4.09. The van der Waals surface area contributed by atoms with Crippen LogP contribution in [-0.2, 0) is 4.74 Å². The van der Waals surface area contributed by atoms with Crippen molar-refractivity contribution in [2.75, 3.05) is 0 Å². The van der Waals surface area contributed by atoms with Crippen molar-refractivity contribution < 1.29 is 4.74 Å². The quantitative estimate of drug-likeness (QED) is 0.564. The summed E-state index contributed by atoms with van der Waals surface area (Å²) >= 11 is 0. The van der Waals surface area contributed by atoms with Gasteiger partial charge in [-0.05, 0) is 26.2 Å². The van der Waals surface area contributed by atoms with Gasteiger partial charge in [0.25, 0.3) is 0 Å². The van der Waals surface area contributed by atoms with Crippen LogP contribution in [0.15, 0.2) is 0 Å². The van der Waals surface area contributed by atoms with Gasteiger partial charge in [0.05, 0.1) is 6.10 Å². The van der Waals surface area contributed by atoms with Crippen molar-refractivity contribution in [3.63, 3.8) is 0 Å². The van der Waals surface area contributed by atoms with Gasteiger partial charge in [0.1, 0.15) is 5.60 Å². The van der Waals surface area contributed by atoms with Gasteiger partial charge in [-0.1, -0.05) is 26.7 Å². The fourth-order valence-electron chi connectivity index (χ4n) is 2.23. The third kappa shape index (κ3) is 1.60. The van der Waals surface area contributed by atoms with Crippen LogP contribution in [0.25, 0.3) is 0 Å². The topological polar surface area (TPSA) is 9.23 Å². The third-order valence-corrected chi connectivity index (χ3v) is 3.52. The Labute approximate surface area is 81.9 Å². The highest BCUT2D eigenvalue weighted by Gasteiger charge is 2.46. The Bertz CT molecular complexity index is 235. The number of rotatable bonds is 1. The van der Waals surface area contributed by atoms with E-state index in [4.69, 9.17) is 4.74 Å². The van der Waals surface area contributed by atoms with E-state index in [1.54, 1.807) is 0 Å². The lowest BCUT2D eigenvalue weighted by Crippen LogP contribution is -2.32. The third-order valence-electron chi connectivity index (χ3n) is 3.52. The number of ether oxygens (including phenoxy) is 1. The Morgan fingerprint density at radius 3 is 2.23 bits per heavy atom. The average Bonchev–Trinajstić information content (AvgIpc) is 2.32. The molecule has 13 heavy (non-hydrogen) atoms. The highest BCUT2D eigenvalue weighted by atomic mass is 16.5. The molecule has 4 atom stereocenters. The first-order valence-corrected chi connectivity index (χ1v) is 5.19. The van der Waals surface area contributed by atoms with Gasteiger partial charge in [-0.2, -0.15) is 0 Å². The first kappa shape index (κ1) is 10.6. The molecule has 74 valence electrons. The van der Waals surface area contributed by atoms with Gasteiger partial charge in [0, 0.05) is 5.92 Å². The lowest BCUT2D eigenvalue weighted by atomic mass is 9.80. The van der Waals surface area contributed by atoms with Crippen molar-refractivity contribution in [3.8, 4) is 11.8 Å². The Morgan fingerprint density at radius 2 is 1.92 bits per heavy atom. The van der Waals surface area contributed by atoms with Crippen molar-refractivity contribution >= 4 is 0 Å². The molecule has 0 radical (unpaired) electrons. The van der Waals surface area contributed by atoms with Crippen molar-refractivity contribution in [2.45, 2.75) is 52.7 Å². The van der Waals surface area contributed by atoms with Gasteiger partial charge in [0.15, 0.2) is 0 Å². The molecule has 0 bridgehead atoms. The summed E-state index contributed by atoms with van der Waals surface area (Å²) in [6.07, 6.45) is 1.33. The zero-order valence-electron chi connectivity index (χ0n) is 9.35. The summed E-state index contributed by atoms with van der Waals surface area (Å²) in [6, 6.07) is 0. The van der Waals surface area contributed by atoms with Crippen LogP contribution in [0, 0.1) is 23.7 Å². The Kier molecular flexibility index (Phi) is 3.03. The summed E-state index contributed by atoms with van der Waals surface area (Å²) in [5, 5.41) is 0. The molecule has 1 nitrogen and oxygen atoms in total. The summed E-state index contributed by atoms with van der Waals surface area (Å²) in [4.78, 5) is 0. The van der Waals surface area contributed by atoms with E-state index in [1.807, 2.05) is 6.92 Å². The molecule has 1 fully saturated rings. The van der Waals surface area contributed by atoms with Crippen LogP contribution in [0.4, 0.5) is 0 Å². The maximum Gasteiger partial charge on any atom is 0.131 e. The second kappa shape index (κ2) is 3.72. The predicted octanol–water partition coefficient (Wildman–Crippen LogP) is 2.85. The molecule has 0 aliphatic carbocycles. The monoisotopic (exact) mass is 180 g/mol. The molecule has 1 saturated heterocycles. The van der Waals surface area contributed by atoms with E-state index < -0.39 is 0 Å².